The van der Waals surface area contributed by atoms with Crippen LogP contribution < -0.4 is 5.43 Å². The van der Waals surface area contributed by atoms with Crippen LogP contribution in [-0.2, 0) is 0 Å². The van der Waals surface area contributed by atoms with Crippen molar-refractivity contribution in [3.8, 4) is 0 Å². The van der Waals surface area contributed by atoms with Crippen LogP contribution in [0.15, 0.2) is 0 Å². The Morgan fingerprint density at radius 2 is 1.15 bits per heavy atom. The Bertz CT molecular complexity index is 202. The molecule has 0 saturated carbocycles. The number of hydrogen-bond acceptors (Lipinski definition) is 2. The van der Waals surface area contributed by atoms with E-state index in [0.717, 1.165) is 6.04 Å². The molecule has 0 aliphatic carbocycles. The highest BCUT2D eigenvalue weighted by molar-refractivity contribution is 4.73. The first-order valence-electron chi connectivity index (χ1n) is 9.38. The van der Waals surface area contributed by atoms with Gasteiger partial charge in [0.1, 0.15) is 0 Å². The molecule has 1 heterocycles. The molecular formula is C18H38N2. The topological polar surface area (TPSA) is 15.0 Å². The highest BCUT2D eigenvalue weighted by atomic mass is 15.6. The van der Waals surface area contributed by atoms with Crippen molar-refractivity contribution in [2.45, 2.75) is 103 Å². The van der Waals surface area contributed by atoms with Gasteiger partial charge in [-0.25, -0.2) is 5.01 Å². The maximum Gasteiger partial charge on any atom is 0.0273 e. The van der Waals surface area contributed by atoms with Gasteiger partial charge in [0.2, 0.25) is 0 Å². The summed E-state index contributed by atoms with van der Waals surface area (Å²) < 4.78 is 0. The van der Waals surface area contributed by atoms with Gasteiger partial charge in [-0.1, -0.05) is 84.5 Å². The van der Waals surface area contributed by atoms with Crippen molar-refractivity contribution in [2.75, 3.05) is 13.1 Å². The molecule has 2 heteroatoms. The SMILES string of the molecule is CCCCCCCCC(CCCCCCC)NN1CC1. The predicted octanol–water partition coefficient (Wildman–Crippen LogP) is 5.29. The summed E-state index contributed by atoms with van der Waals surface area (Å²) in [6.45, 7) is 7.12. The second-order valence-corrected chi connectivity index (χ2v) is 6.57. The van der Waals surface area contributed by atoms with Crippen LogP contribution in [0.3, 0.4) is 0 Å². The molecule has 1 atom stereocenters. The van der Waals surface area contributed by atoms with Gasteiger partial charge in [0.15, 0.2) is 0 Å². The molecule has 2 nitrogen and oxygen atoms in total. The van der Waals surface area contributed by atoms with E-state index in [1.165, 1.54) is 96.6 Å². The average molecular weight is 283 g/mol. The third-order valence-corrected chi connectivity index (χ3v) is 4.37. The van der Waals surface area contributed by atoms with Gasteiger partial charge >= 0.3 is 0 Å². The fourth-order valence-electron chi connectivity index (χ4n) is 2.88. The van der Waals surface area contributed by atoms with Crippen LogP contribution >= 0.6 is 0 Å². The molecule has 1 unspecified atom stereocenters. The van der Waals surface area contributed by atoms with Gasteiger partial charge in [-0.2, -0.15) is 0 Å². The number of hydrazine groups is 1. The molecule has 1 N–H and O–H groups in total. The van der Waals surface area contributed by atoms with Gasteiger partial charge in [-0.15, -0.1) is 0 Å². The normalized spacial score (nSPS) is 16.5. The Kier molecular flexibility index (Phi) is 11.4. The zero-order chi connectivity index (χ0) is 14.5. The molecule has 1 aliphatic heterocycles. The Balaban J connectivity index is 1.99. The van der Waals surface area contributed by atoms with Crippen LogP contribution in [0, 0.1) is 0 Å². The first kappa shape index (κ1) is 18.0. The lowest BCUT2D eigenvalue weighted by atomic mass is 10.0. The predicted molar refractivity (Wildman–Crippen MR) is 89.9 cm³/mol. The summed E-state index contributed by atoms with van der Waals surface area (Å²) in [5.74, 6) is 0. The number of rotatable bonds is 15. The maximum absolute atomic E-state index is 3.72. The Morgan fingerprint density at radius 1 is 0.700 bits per heavy atom. The Hall–Kier alpha value is -0.0800. The van der Waals surface area contributed by atoms with Crippen LogP contribution in [0.1, 0.15) is 97.3 Å². The van der Waals surface area contributed by atoms with E-state index in [0.29, 0.717) is 0 Å². The molecular weight excluding hydrogens is 244 g/mol. The minimum Gasteiger partial charge on any atom is -0.252 e. The van der Waals surface area contributed by atoms with Crippen molar-refractivity contribution >= 4 is 0 Å². The standard InChI is InChI=1S/C18H38N2/c1-3-5-7-9-11-13-15-18(19-20-16-17-20)14-12-10-8-6-4-2/h18-19H,3-17H2,1-2H3. The summed E-state index contributed by atoms with van der Waals surface area (Å²) >= 11 is 0. The van der Waals surface area contributed by atoms with E-state index in [4.69, 9.17) is 0 Å². The molecule has 1 saturated heterocycles. The summed E-state index contributed by atoms with van der Waals surface area (Å²) in [5, 5.41) is 2.38. The minimum atomic E-state index is 0.755. The maximum atomic E-state index is 3.72. The molecule has 0 aromatic carbocycles. The number of hydrogen-bond donors (Lipinski definition) is 1. The van der Waals surface area contributed by atoms with Crippen LogP contribution in [0.2, 0.25) is 0 Å². The second kappa shape index (κ2) is 12.6. The molecule has 0 amide bonds. The summed E-state index contributed by atoms with van der Waals surface area (Å²) in [6, 6.07) is 0.755. The fraction of sp³-hybridized carbons (Fsp3) is 1.00. The van der Waals surface area contributed by atoms with Gasteiger partial charge in [0, 0.05) is 19.1 Å². The Labute approximate surface area is 127 Å². The summed E-state index contributed by atoms with van der Waals surface area (Å²) in [4.78, 5) is 0. The molecule has 0 bridgehead atoms. The summed E-state index contributed by atoms with van der Waals surface area (Å²) in [6.07, 6.45) is 18.4. The molecule has 120 valence electrons. The number of unbranched alkanes of at least 4 members (excludes halogenated alkanes) is 9. The second-order valence-electron chi connectivity index (χ2n) is 6.57. The summed E-state index contributed by atoms with van der Waals surface area (Å²) in [5.41, 5.74) is 3.72. The highest BCUT2D eigenvalue weighted by Gasteiger charge is 2.20. The van der Waals surface area contributed by atoms with Crippen molar-refractivity contribution in [3.05, 3.63) is 0 Å². The van der Waals surface area contributed by atoms with E-state index in [-0.39, 0.29) is 0 Å². The van der Waals surface area contributed by atoms with Gasteiger partial charge in [0.25, 0.3) is 0 Å². The number of nitrogens with zero attached hydrogens (tertiary/aromatic N) is 1. The molecule has 0 aromatic rings. The third-order valence-electron chi connectivity index (χ3n) is 4.37. The summed E-state index contributed by atoms with van der Waals surface area (Å²) in [7, 11) is 0. The lowest BCUT2D eigenvalue weighted by molar-refractivity contribution is 0.292. The van der Waals surface area contributed by atoms with Crippen molar-refractivity contribution in [1.82, 2.24) is 10.4 Å². The fourth-order valence-corrected chi connectivity index (χ4v) is 2.88. The zero-order valence-electron chi connectivity index (χ0n) is 14.1. The van der Waals surface area contributed by atoms with Crippen LogP contribution in [-0.4, -0.2) is 24.1 Å². The van der Waals surface area contributed by atoms with Gasteiger partial charge in [-0.05, 0) is 12.8 Å². The molecule has 20 heavy (non-hydrogen) atoms. The largest absolute Gasteiger partial charge is 0.252 e. The highest BCUT2D eigenvalue weighted by Crippen LogP contribution is 2.15. The van der Waals surface area contributed by atoms with Crippen molar-refractivity contribution < 1.29 is 0 Å². The van der Waals surface area contributed by atoms with E-state index in [1.54, 1.807) is 0 Å². The molecule has 1 rings (SSSR count). The zero-order valence-corrected chi connectivity index (χ0v) is 14.1. The van der Waals surface area contributed by atoms with Crippen molar-refractivity contribution in [3.63, 3.8) is 0 Å². The molecule has 0 radical (unpaired) electrons. The lowest BCUT2D eigenvalue weighted by Gasteiger charge is -2.19. The van der Waals surface area contributed by atoms with Crippen LogP contribution in [0.5, 0.6) is 0 Å². The molecule has 1 fully saturated rings. The monoisotopic (exact) mass is 282 g/mol. The molecule has 0 spiro atoms. The van der Waals surface area contributed by atoms with E-state index in [1.807, 2.05) is 0 Å². The van der Waals surface area contributed by atoms with E-state index < -0.39 is 0 Å². The third kappa shape index (κ3) is 10.7. The molecule has 1 aliphatic rings. The van der Waals surface area contributed by atoms with Crippen LogP contribution in [0.4, 0.5) is 0 Å². The van der Waals surface area contributed by atoms with Crippen molar-refractivity contribution in [1.29, 1.82) is 0 Å². The lowest BCUT2D eigenvalue weighted by Crippen LogP contribution is -2.33. The van der Waals surface area contributed by atoms with E-state index >= 15 is 0 Å². The van der Waals surface area contributed by atoms with Gasteiger partial charge < -0.3 is 0 Å². The first-order valence-corrected chi connectivity index (χ1v) is 9.38. The van der Waals surface area contributed by atoms with E-state index in [2.05, 4.69) is 24.3 Å². The quantitative estimate of drug-likeness (QED) is 0.324. The van der Waals surface area contributed by atoms with Crippen LogP contribution in [0.25, 0.3) is 0 Å². The van der Waals surface area contributed by atoms with Gasteiger partial charge in [0.05, 0.1) is 0 Å². The number of nitrogens with one attached hydrogen (secondary N) is 1. The molecule has 0 aromatic heterocycles. The van der Waals surface area contributed by atoms with Gasteiger partial charge in [-0.3, -0.25) is 5.43 Å². The Morgan fingerprint density at radius 3 is 1.60 bits per heavy atom. The van der Waals surface area contributed by atoms with Crippen molar-refractivity contribution in [2.24, 2.45) is 0 Å². The minimum absolute atomic E-state index is 0.755. The first-order chi connectivity index (χ1) is 9.86. The average Bonchev–Trinajstić information content (AvgIpc) is 3.26. The smallest absolute Gasteiger partial charge is 0.0273 e. The van der Waals surface area contributed by atoms with E-state index in [9.17, 15) is 0 Å².